The fourth-order valence-electron chi connectivity index (χ4n) is 3.20. The molecule has 0 N–H and O–H groups in total. The molecule has 0 aliphatic heterocycles. The molecule has 1 saturated carbocycles. The molecule has 0 amide bonds. The van der Waals surface area contributed by atoms with E-state index < -0.39 is 0 Å². The molecule has 5 rings (SSSR count). The highest BCUT2D eigenvalue weighted by Crippen LogP contribution is 2.53. The van der Waals surface area contributed by atoms with Crippen LogP contribution in [-0.4, -0.2) is 24.8 Å². The molecule has 6 heteroatoms. The predicted molar refractivity (Wildman–Crippen MR) is 87.5 cm³/mol. The van der Waals surface area contributed by atoms with E-state index in [1.54, 1.807) is 10.6 Å². The molecular weight excluding hydrogens is 310 g/mol. The van der Waals surface area contributed by atoms with Crippen molar-refractivity contribution in [3.63, 3.8) is 0 Å². The topological polar surface area (TPSA) is 56.0 Å². The minimum Gasteiger partial charge on any atom is -0.256 e. The average Bonchev–Trinajstić information content (AvgIpc) is 3.28. The number of hydrogen-bond acceptors (Lipinski definition) is 4. The van der Waals surface area contributed by atoms with Crippen molar-refractivity contribution in [2.75, 3.05) is 0 Å². The number of rotatable bonds is 2. The summed E-state index contributed by atoms with van der Waals surface area (Å²) < 4.78 is 1.77. The molecule has 5 nitrogen and oxygen atoms in total. The minimum absolute atomic E-state index is 0.124. The lowest BCUT2D eigenvalue weighted by Crippen LogP contribution is -2.14. The maximum atomic E-state index is 6.05. The van der Waals surface area contributed by atoms with E-state index in [0.717, 1.165) is 35.2 Å². The third-order valence-corrected chi connectivity index (χ3v) is 4.77. The second kappa shape index (κ2) is 4.49. The molecule has 3 heterocycles. The first-order valence-corrected chi connectivity index (χ1v) is 7.88. The standard InChI is InChI=1S/C17H12ClN5/c18-14-5-6-15-20-21-16(23(15)22-14)17(7-8-17)12-3-4-13-11(10-12)2-1-9-19-13/h1-6,9-10H,7-8H2. The molecule has 0 unspecified atom stereocenters. The van der Waals surface area contributed by atoms with E-state index in [1.165, 1.54) is 5.56 Å². The Kier molecular flexibility index (Phi) is 2.53. The van der Waals surface area contributed by atoms with Crippen LogP contribution >= 0.6 is 11.6 Å². The lowest BCUT2D eigenvalue weighted by molar-refractivity contribution is 0.705. The fourth-order valence-corrected chi connectivity index (χ4v) is 3.34. The Labute approximate surface area is 136 Å². The van der Waals surface area contributed by atoms with Crippen molar-refractivity contribution in [2.45, 2.75) is 18.3 Å². The van der Waals surface area contributed by atoms with Crippen LogP contribution in [0.2, 0.25) is 5.15 Å². The Hall–Kier alpha value is -2.53. The van der Waals surface area contributed by atoms with Crippen LogP contribution in [0.5, 0.6) is 0 Å². The number of benzene rings is 1. The molecule has 0 spiro atoms. The van der Waals surface area contributed by atoms with Crippen LogP contribution in [0.3, 0.4) is 0 Å². The first-order chi connectivity index (χ1) is 11.3. The van der Waals surface area contributed by atoms with E-state index in [9.17, 15) is 0 Å². The molecule has 3 aromatic heterocycles. The lowest BCUT2D eigenvalue weighted by atomic mass is 9.94. The van der Waals surface area contributed by atoms with Gasteiger partial charge in [-0.15, -0.1) is 10.2 Å². The molecule has 0 radical (unpaired) electrons. The van der Waals surface area contributed by atoms with Crippen molar-refractivity contribution in [3.05, 3.63) is 65.2 Å². The zero-order valence-corrected chi connectivity index (χ0v) is 12.9. The van der Waals surface area contributed by atoms with E-state index in [0.29, 0.717) is 5.15 Å². The number of hydrogen-bond donors (Lipinski definition) is 0. The maximum Gasteiger partial charge on any atom is 0.178 e. The van der Waals surface area contributed by atoms with Crippen LogP contribution in [0.15, 0.2) is 48.7 Å². The van der Waals surface area contributed by atoms with Crippen molar-refractivity contribution in [3.8, 4) is 0 Å². The zero-order chi connectivity index (χ0) is 15.4. The van der Waals surface area contributed by atoms with Gasteiger partial charge in [0.15, 0.2) is 11.5 Å². The Morgan fingerprint density at radius 2 is 1.96 bits per heavy atom. The van der Waals surface area contributed by atoms with Crippen molar-refractivity contribution < 1.29 is 0 Å². The highest BCUT2D eigenvalue weighted by Gasteiger charge is 2.50. The van der Waals surface area contributed by atoms with Gasteiger partial charge in [-0.25, -0.2) is 0 Å². The zero-order valence-electron chi connectivity index (χ0n) is 12.1. The van der Waals surface area contributed by atoms with Gasteiger partial charge < -0.3 is 0 Å². The molecule has 112 valence electrons. The Morgan fingerprint density at radius 3 is 2.83 bits per heavy atom. The van der Waals surface area contributed by atoms with Crippen molar-refractivity contribution >= 4 is 28.2 Å². The van der Waals surface area contributed by atoms with Crippen molar-refractivity contribution in [1.29, 1.82) is 0 Å². The van der Waals surface area contributed by atoms with Crippen molar-refractivity contribution in [2.24, 2.45) is 0 Å². The summed E-state index contributed by atoms with van der Waals surface area (Å²) in [4.78, 5) is 4.39. The second-order valence-electron chi connectivity index (χ2n) is 5.94. The van der Waals surface area contributed by atoms with E-state index in [2.05, 4.69) is 44.5 Å². The summed E-state index contributed by atoms with van der Waals surface area (Å²) in [6, 6.07) is 14.0. The van der Waals surface area contributed by atoms with Crippen LogP contribution in [0, 0.1) is 0 Å². The van der Waals surface area contributed by atoms with E-state index in [-0.39, 0.29) is 5.41 Å². The molecule has 23 heavy (non-hydrogen) atoms. The van der Waals surface area contributed by atoms with Gasteiger partial charge in [0.1, 0.15) is 5.15 Å². The molecular formula is C17H12ClN5. The van der Waals surface area contributed by atoms with Gasteiger partial charge in [-0.3, -0.25) is 4.98 Å². The summed E-state index contributed by atoms with van der Waals surface area (Å²) in [7, 11) is 0. The summed E-state index contributed by atoms with van der Waals surface area (Å²) in [6.45, 7) is 0. The maximum absolute atomic E-state index is 6.05. The highest BCUT2D eigenvalue weighted by molar-refractivity contribution is 6.29. The number of fused-ring (bicyclic) bond motifs is 2. The summed E-state index contributed by atoms with van der Waals surface area (Å²) in [5.41, 5.74) is 2.83. The minimum atomic E-state index is -0.124. The normalized spacial score (nSPS) is 16.0. The van der Waals surface area contributed by atoms with Gasteiger partial charge in [-0.05, 0) is 48.7 Å². The smallest absolute Gasteiger partial charge is 0.178 e. The van der Waals surface area contributed by atoms with Crippen LogP contribution in [0.1, 0.15) is 24.2 Å². The van der Waals surface area contributed by atoms with Gasteiger partial charge in [0.2, 0.25) is 0 Å². The Balaban J connectivity index is 1.72. The van der Waals surface area contributed by atoms with Crippen LogP contribution in [0.25, 0.3) is 16.6 Å². The summed E-state index contributed by atoms with van der Waals surface area (Å²) in [6.07, 6.45) is 3.88. The van der Waals surface area contributed by atoms with E-state index >= 15 is 0 Å². The van der Waals surface area contributed by atoms with E-state index in [4.69, 9.17) is 11.6 Å². The first kappa shape index (κ1) is 13.0. The number of halogens is 1. The Bertz CT molecular complexity index is 1050. The summed E-state index contributed by atoms with van der Waals surface area (Å²) in [5.74, 6) is 0.859. The molecule has 4 aromatic rings. The van der Waals surface area contributed by atoms with Crippen molar-refractivity contribution in [1.82, 2.24) is 24.8 Å². The van der Waals surface area contributed by atoms with Gasteiger partial charge >= 0.3 is 0 Å². The molecule has 0 bridgehead atoms. The summed E-state index contributed by atoms with van der Waals surface area (Å²) >= 11 is 6.05. The molecule has 1 aliphatic carbocycles. The molecule has 1 fully saturated rings. The molecule has 1 aliphatic rings. The monoisotopic (exact) mass is 321 g/mol. The lowest BCUT2D eigenvalue weighted by Gasteiger charge is -2.14. The van der Waals surface area contributed by atoms with E-state index in [1.807, 2.05) is 18.3 Å². The van der Waals surface area contributed by atoms with Gasteiger partial charge in [-0.1, -0.05) is 23.7 Å². The second-order valence-corrected chi connectivity index (χ2v) is 6.33. The predicted octanol–water partition coefficient (Wildman–Crippen LogP) is 3.41. The van der Waals surface area contributed by atoms with Gasteiger partial charge in [-0.2, -0.15) is 9.61 Å². The average molecular weight is 322 g/mol. The van der Waals surface area contributed by atoms with Crippen LogP contribution < -0.4 is 0 Å². The van der Waals surface area contributed by atoms with Crippen LogP contribution in [-0.2, 0) is 5.41 Å². The number of nitrogens with zero attached hydrogens (tertiary/aromatic N) is 5. The first-order valence-electron chi connectivity index (χ1n) is 7.50. The van der Waals surface area contributed by atoms with Gasteiger partial charge in [0, 0.05) is 11.6 Å². The quantitative estimate of drug-likeness (QED) is 0.568. The third-order valence-electron chi connectivity index (χ3n) is 4.56. The number of aromatic nitrogens is 5. The third kappa shape index (κ3) is 1.86. The SMILES string of the molecule is Clc1ccc2nnc(C3(c4ccc5ncccc5c4)CC3)n2n1. The number of pyridine rings is 1. The molecule has 1 aromatic carbocycles. The molecule has 0 saturated heterocycles. The largest absolute Gasteiger partial charge is 0.256 e. The van der Waals surface area contributed by atoms with Gasteiger partial charge in [0.05, 0.1) is 10.9 Å². The van der Waals surface area contributed by atoms with Crippen LogP contribution in [0.4, 0.5) is 0 Å². The highest BCUT2D eigenvalue weighted by atomic mass is 35.5. The summed E-state index contributed by atoms with van der Waals surface area (Å²) in [5, 5.41) is 14.6. The fraction of sp³-hybridized carbons (Fsp3) is 0.176. The van der Waals surface area contributed by atoms with Gasteiger partial charge in [0.25, 0.3) is 0 Å². The Morgan fingerprint density at radius 1 is 1.04 bits per heavy atom. The molecule has 0 atom stereocenters.